The van der Waals surface area contributed by atoms with Gasteiger partial charge in [-0.15, -0.1) is 17.5 Å². The molecule has 0 aliphatic carbocycles. The molecule has 0 aliphatic rings. The van der Waals surface area contributed by atoms with Crippen LogP contribution in [0.3, 0.4) is 0 Å². The Labute approximate surface area is 139 Å². The van der Waals surface area contributed by atoms with Gasteiger partial charge in [0.05, 0.1) is 0 Å². The molecule has 2 rings (SSSR count). The number of amides is 1. The Morgan fingerprint density at radius 2 is 2.22 bits per heavy atom. The van der Waals surface area contributed by atoms with Gasteiger partial charge in [0.15, 0.2) is 0 Å². The molecule has 0 saturated heterocycles. The second kappa shape index (κ2) is 8.54. The van der Waals surface area contributed by atoms with Crippen LogP contribution in [0.15, 0.2) is 24.3 Å². The van der Waals surface area contributed by atoms with Crippen LogP contribution in [0, 0.1) is 12.7 Å². The zero-order chi connectivity index (χ0) is 16.1. The first-order valence-electron chi connectivity index (χ1n) is 7.00. The molecule has 2 atom stereocenters. The molecular formula is C14H20ClFN6O. The number of nitrogens with zero attached hydrogens (tertiary/aromatic N) is 4. The van der Waals surface area contributed by atoms with Crippen molar-refractivity contribution in [3.8, 4) is 0 Å². The van der Waals surface area contributed by atoms with E-state index in [4.69, 9.17) is 5.73 Å². The minimum absolute atomic E-state index is 0. The zero-order valence-corrected chi connectivity index (χ0v) is 13.8. The number of nitrogens with one attached hydrogen (secondary N) is 1. The molecule has 1 amide bonds. The summed E-state index contributed by atoms with van der Waals surface area (Å²) in [5, 5.41) is 14.0. The highest BCUT2D eigenvalue weighted by Crippen LogP contribution is 2.16. The number of aromatic nitrogens is 4. The molecule has 0 saturated carbocycles. The number of nitrogens with two attached hydrogens (primary N) is 1. The van der Waals surface area contributed by atoms with Gasteiger partial charge < -0.3 is 11.1 Å². The fourth-order valence-corrected chi connectivity index (χ4v) is 2.10. The molecule has 23 heavy (non-hydrogen) atoms. The Balaban J connectivity index is 0.00000264. The third-order valence-corrected chi connectivity index (χ3v) is 3.32. The summed E-state index contributed by atoms with van der Waals surface area (Å²) in [4.78, 5) is 12.5. The van der Waals surface area contributed by atoms with Crippen molar-refractivity contribution in [1.82, 2.24) is 25.5 Å². The van der Waals surface area contributed by atoms with Gasteiger partial charge in [-0.25, -0.2) is 9.07 Å². The molecule has 126 valence electrons. The van der Waals surface area contributed by atoms with Gasteiger partial charge >= 0.3 is 0 Å². The quantitative estimate of drug-likeness (QED) is 0.808. The summed E-state index contributed by atoms with van der Waals surface area (Å²) in [7, 11) is 0. The highest BCUT2D eigenvalue weighted by Gasteiger charge is 2.25. The van der Waals surface area contributed by atoms with Gasteiger partial charge in [0, 0.05) is 19.0 Å². The molecule has 0 fully saturated rings. The number of rotatable bonds is 6. The molecule has 0 bridgehead atoms. The molecule has 3 N–H and O–H groups in total. The van der Waals surface area contributed by atoms with Gasteiger partial charge in [0.1, 0.15) is 17.7 Å². The number of halogens is 2. The molecular weight excluding hydrogens is 323 g/mol. The van der Waals surface area contributed by atoms with E-state index in [0.29, 0.717) is 17.9 Å². The largest absolute Gasteiger partial charge is 0.351 e. The Morgan fingerprint density at radius 3 is 2.78 bits per heavy atom. The number of hydrogen-bond acceptors (Lipinski definition) is 5. The average molecular weight is 343 g/mol. The van der Waals surface area contributed by atoms with E-state index in [0.717, 1.165) is 0 Å². The number of benzene rings is 1. The SMILES string of the molecule is Cc1nnnn1C(Cc1cccc(F)c1)C(=O)N[C@@H](C)CN.Cl. The molecule has 1 unspecified atom stereocenters. The average Bonchev–Trinajstić information content (AvgIpc) is 2.90. The zero-order valence-electron chi connectivity index (χ0n) is 12.9. The lowest BCUT2D eigenvalue weighted by molar-refractivity contribution is -0.125. The first kappa shape index (κ1) is 19.0. The Kier molecular flexibility index (Phi) is 7.05. The minimum atomic E-state index is -0.661. The van der Waals surface area contributed by atoms with E-state index in [1.807, 2.05) is 6.92 Å². The van der Waals surface area contributed by atoms with Crippen molar-refractivity contribution < 1.29 is 9.18 Å². The van der Waals surface area contributed by atoms with Gasteiger partial charge in [-0.3, -0.25) is 4.79 Å². The van der Waals surface area contributed by atoms with Crippen LogP contribution in [-0.4, -0.2) is 38.7 Å². The Morgan fingerprint density at radius 1 is 1.48 bits per heavy atom. The lowest BCUT2D eigenvalue weighted by Gasteiger charge is -2.20. The van der Waals surface area contributed by atoms with Crippen LogP contribution in [-0.2, 0) is 11.2 Å². The Bertz CT molecular complexity index is 650. The first-order chi connectivity index (χ1) is 10.5. The van der Waals surface area contributed by atoms with Crippen molar-refractivity contribution in [3.63, 3.8) is 0 Å². The molecule has 0 spiro atoms. The summed E-state index contributed by atoms with van der Waals surface area (Å²) >= 11 is 0. The molecule has 7 nitrogen and oxygen atoms in total. The minimum Gasteiger partial charge on any atom is -0.351 e. The lowest BCUT2D eigenvalue weighted by Crippen LogP contribution is -2.43. The van der Waals surface area contributed by atoms with Gasteiger partial charge in [-0.05, 0) is 42.0 Å². The normalized spacial score (nSPS) is 13.0. The topological polar surface area (TPSA) is 98.7 Å². The highest BCUT2D eigenvalue weighted by atomic mass is 35.5. The van der Waals surface area contributed by atoms with E-state index >= 15 is 0 Å². The van der Waals surface area contributed by atoms with Gasteiger partial charge in [0.2, 0.25) is 5.91 Å². The van der Waals surface area contributed by atoms with E-state index in [2.05, 4.69) is 20.8 Å². The van der Waals surface area contributed by atoms with Gasteiger partial charge in [0.25, 0.3) is 0 Å². The van der Waals surface area contributed by atoms with E-state index < -0.39 is 6.04 Å². The maximum Gasteiger partial charge on any atom is 0.245 e. The van der Waals surface area contributed by atoms with Crippen LogP contribution in [0.2, 0.25) is 0 Å². The molecule has 1 heterocycles. The van der Waals surface area contributed by atoms with Crippen LogP contribution in [0.25, 0.3) is 0 Å². The lowest BCUT2D eigenvalue weighted by atomic mass is 10.0. The van der Waals surface area contributed by atoms with Crippen molar-refractivity contribution in [2.24, 2.45) is 5.73 Å². The van der Waals surface area contributed by atoms with E-state index in [-0.39, 0.29) is 36.6 Å². The van der Waals surface area contributed by atoms with E-state index in [1.165, 1.54) is 16.8 Å². The summed E-state index contributed by atoms with van der Waals surface area (Å²) in [5.41, 5.74) is 6.22. The number of hydrogen-bond donors (Lipinski definition) is 2. The fraction of sp³-hybridized carbons (Fsp3) is 0.429. The molecule has 1 aromatic carbocycles. The molecule has 0 aliphatic heterocycles. The molecule has 2 aromatic rings. The van der Waals surface area contributed by atoms with Crippen molar-refractivity contribution in [3.05, 3.63) is 41.5 Å². The summed E-state index contributed by atoms with van der Waals surface area (Å²) in [6.45, 7) is 3.84. The fourth-order valence-electron chi connectivity index (χ4n) is 2.10. The third kappa shape index (κ3) is 4.97. The molecule has 1 aromatic heterocycles. The van der Waals surface area contributed by atoms with Crippen molar-refractivity contribution in [1.29, 1.82) is 0 Å². The van der Waals surface area contributed by atoms with Crippen LogP contribution in [0.4, 0.5) is 4.39 Å². The monoisotopic (exact) mass is 342 g/mol. The van der Waals surface area contributed by atoms with E-state index in [1.54, 1.807) is 19.1 Å². The van der Waals surface area contributed by atoms with Crippen LogP contribution in [0.1, 0.15) is 24.4 Å². The predicted molar refractivity (Wildman–Crippen MR) is 85.6 cm³/mol. The number of carbonyl (C=O) groups is 1. The summed E-state index contributed by atoms with van der Waals surface area (Å²) < 4.78 is 14.8. The molecule has 9 heteroatoms. The maximum atomic E-state index is 13.3. The van der Waals surface area contributed by atoms with Gasteiger partial charge in [-0.1, -0.05) is 12.1 Å². The summed E-state index contributed by atoms with van der Waals surface area (Å²) in [6, 6.07) is 5.29. The number of tetrazole rings is 1. The standard InChI is InChI=1S/C14H19FN6O.ClH/c1-9(8-16)17-14(22)13(21-10(2)18-19-20-21)7-11-4-3-5-12(15)6-11;/h3-6,9,13H,7-8,16H2,1-2H3,(H,17,22);1H/t9-,13?;/m0./s1. The van der Waals surface area contributed by atoms with Crippen LogP contribution >= 0.6 is 12.4 Å². The number of carbonyl (C=O) groups excluding carboxylic acids is 1. The predicted octanol–water partition coefficient (Wildman–Crippen LogP) is 0.790. The second-order valence-corrected chi connectivity index (χ2v) is 5.17. The van der Waals surface area contributed by atoms with Crippen LogP contribution < -0.4 is 11.1 Å². The summed E-state index contributed by atoms with van der Waals surface area (Å²) in [6.07, 6.45) is 0.284. The first-order valence-corrected chi connectivity index (χ1v) is 7.00. The van der Waals surface area contributed by atoms with Crippen molar-refractivity contribution in [2.75, 3.05) is 6.54 Å². The Hall–Kier alpha value is -2.06. The van der Waals surface area contributed by atoms with Crippen molar-refractivity contribution in [2.45, 2.75) is 32.4 Å². The van der Waals surface area contributed by atoms with Crippen molar-refractivity contribution >= 4 is 18.3 Å². The third-order valence-electron chi connectivity index (χ3n) is 3.32. The smallest absolute Gasteiger partial charge is 0.245 e. The molecule has 0 radical (unpaired) electrons. The highest BCUT2D eigenvalue weighted by molar-refractivity contribution is 5.85. The van der Waals surface area contributed by atoms with E-state index in [9.17, 15) is 9.18 Å². The summed E-state index contributed by atoms with van der Waals surface area (Å²) in [5.74, 6) is -0.0880. The second-order valence-electron chi connectivity index (χ2n) is 5.17. The van der Waals surface area contributed by atoms with Crippen LogP contribution in [0.5, 0.6) is 0 Å². The number of aryl methyl sites for hydroxylation is 1. The maximum absolute atomic E-state index is 13.3. The van der Waals surface area contributed by atoms with Gasteiger partial charge in [-0.2, -0.15) is 0 Å².